The highest BCUT2D eigenvalue weighted by Gasteiger charge is 2.47. The van der Waals surface area contributed by atoms with Crippen LogP contribution in [-0.4, -0.2) is 48.0 Å². The molecule has 0 aliphatic carbocycles. The van der Waals surface area contributed by atoms with Gasteiger partial charge in [0.05, 0.1) is 27.6 Å². The van der Waals surface area contributed by atoms with Gasteiger partial charge >= 0.3 is 12.2 Å². The van der Waals surface area contributed by atoms with E-state index in [-0.39, 0.29) is 32.0 Å². The molecule has 1 aliphatic heterocycles. The number of piperidine rings is 1. The van der Waals surface area contributed by atoms with Gasteiger partial charge in [0.1, 0.15) is 0 Å². The summed E-state index contributed by atoms with van der Waals surface area (Å²) in [4.78, 5) is 17.3. The zero-order valence-corrected chi connectivity index (χ0v) is 18.1. The lowest BCUT2D eigenvalue weighted by Gasteiger charge is -2.37. The van der Waals surface area contributed by atoms with E-state index in [2.05, 4.69) is 15.4 Å². The van der Waals surface area contributed by atoms with Crippen LogP contribution < -0.4 is 5.32 Å². The number of alkyl halides is 4. The zero-order valence-electron chi connectivity index (χ0n) is 17.2. The van der Waals surface area contributed by atoms with E-state index in [1.807, 2.05) is 6.92 Å². The van der Waals surface area contributed by atoms with Crippen LogP contribution in [0.5, 0.6) is 0 Å². The molecule has 1 fully saturated rings. The van der Waals surface area contributed by atoms with Crippen LogP contribution in [-0.2, 0) is 24.0 Å². The van der Waals surface area contributed by atoms with Gasteiger partial charge in [0.25, 0.3) is 0 Å². The largest absolute Gasteiger partial charge is 0.436 e. The number of halogens is 4. The Morgan fingerprint density at radius 1 is 1.23 bits per heavy atom. The van der Waals surface area contributed by atoms with Crippen LogP contribution in [0.15, 0.2) is 29.4 Å². The summed E-state index contributed by atoms with van der Waals surface area (Å²) in [5.74, 6) is -0.778. The molecule has 1 aliphatic rings. The molecule has 170 valence electrons. The van der Waals surface area contributed by atoms with Crippen LogP contribution in [0.1, 0.15) is 31.2 Å². The van der Waals surface area contributed by atoms with Crippen molar-refractivity contribution in [2.45, 2.75) is 42.8 Å². The lowest BCUT2D eigenvalue weighted by Crippen LogP contribution is -2.46. The first-order valence-electron chi connectivity index (χ1n) is 9.60. The summed E-state index contributed by atoms with van der Waals surface area (Å²) in [5.41, 5.74) is -0.0255. The van der Waals surface area contributed by atoms with Crippen LogP contribution in [0, 0.1) is 12.8 Å². The lowest BCUT2D eigenvalue weighted by atomic mass is 9.92. The van der Waals surface area contributed by atoms with Crippen molar-refractivity contribution < 1.29 is 26.6 Å². The van der Waals surface area contributed by atoms with Crippen molar-refractivity contribution in [2.24, 2.45) is 13.0 Å². The summed E-state index contributed by atoms with van der Waals surface area (Å²) >= 11 is 0. The summed E-state index contributed by atoms with van der Waals surface area (Å²) in [6.45, 7) is 3.24. The summed E-state index contributed by atoms with van der Waals surface area (Å²) in [5, 5.41) is 3.60. The molecule has 2 aromatic heterocycles. The van der Waals surface area contributed by atoms with Gasteiger partial charge in [-0.2, -0.15) is 18.3 Å². The summed E-state index contributed by atoms with van der Waals surface area (Å²) in [7, 11) is -1.33. The van der Waals surface area contributed by atoms with Crippen molar-refractivity contribution in [3.8, 4) is 0 Å². The fourth-order valence-corrected chi connectivity index (χ4v) is 5.06. The Hall–Kier alpha value is -2.50. The van der Waals surface area contributed by atoms with Crippen molar-refractivity contribution in [3.63, 3.8) is 0 Å². The van der Waals surface area contributed by atoms with Crippen molar-refractivity contribution in [1.29, 1.82) is 0 Å². The molecule has 0 spiro atoms. The third kappa shape index (κ3) is 5.05. The molecule has 3 heterocycles. The monoisotopic (exact) mass is 461 g/mol. The van der Waals surface area contributed by atoms with Crippen molar-refractivity contribution >= 4 is 22.5 Å². The van der Waals surface area contributed by atoms with Gasteiger partial charge in [-0.25, -0.2) is 9.18 Å². The van der Waals surface area contributed by atoms with E-state index in [4.69, 9.17) is 0 Å². The van der Waals surface area contributed by atoms with Crippen molar-refractivity contribution in [2.75, 3.05) is 18.4 Å². The number of aryl methyl sites for hydroxylation is 2. The molecule has 2 aromatic rings. The van der Waals surface area contributed by atoms with Gasteiger partial charge < -0.3 is 10.2 Å². The van der Waals surface area contributed by atoms with Crippen LogP contribution in [0.3, 0.4) is 0 Å². The number of nitrogens with one attached hydrogen (secondary N) is 1. The average Bonchev–Trinajstić information content (AvgIpc) is 3.11. The zero-order chi connectivity index (χ0) is 23.0. The fraction of sp³-hybridized carbons (Fsp3) is 0.526. The molecule has 0 radical (unpaired) electrons. The molecule has 12 heteroatoms. The first-order chi connectivity index (χ1) is 14.4. The number of aromatic nitrogens is 3. The quantitative estimate of drug-likeness (QED) is 0.701. The summed E-state index contributed by atoms with van der Waals surface area (Å²) < 4.78 is 68.8. The van der Waals surface area contributed by atoms with Gasteiger partial charge in [0.2, 0.25) is 0 Å². The second-order valence-electron chi connectivity index (χ2n) is 7.65. The molecule has 1 N–H and O–H groups in total. The maximum atomic E-state index is 15.5. The van der Waals surface area contributed by atoms with E-state index in [9.17, 15) is 22.2 Å². The Morgan fingerprint density at radius 3 is 2.42 bits per heavy atom. The standard InChI is InChI=1S/C19H23F4N5O2S/c1-12-4-5-14(10-24-12)25-17(29)28-8-6-13(7-9-28)18(2,20)31(30)15-11-27(3)26-16(15)19(21,22)23/h4-5,10-11,13H,6-9H2,1-3H3,(H,25,29). The number of hydrogen-bond donors (Lipinski definition) is 1. The average molecular weight is 461 g/mol. The fourth-order valence-electron chi connectivity index (χ4n) is 3.51. The minimum atomic E-state index is -4.84. The number of pyridine rings is 1. The van der Waals surface area contributed by atoms with Crippen LogP contribution >= 0.6 is 0 Å². The predicted molar refractivity (Wildman–Crippen MR) is 106 cm³/mol. The second-order valence-corrected chi connectivity index (χ2v) is 9.42. The van der Waals surface area contributed by atoms with E-state index in [0.717, 1.165) is 23.5 Å². The number of amides is 2. The van der Waals surface area contributed by atoms with Gasteiger partial charge in [0, 0.05) is 37.9 Å². The normalized spacial score (nSPS) is 18.5. The first-order valence-corrected chi connectivity index (χ1v) is 10.7. The Balaban J connectivity index is 1.66. The predicted octanol–water partition coefficient (Wildman–Crippen LogP) is 3.88. The lowest BCUT2D eigenvalue weighted by molar-refractivity contribution is -0.143. The number of carbonyl (C=O) groups is 1. The molecule has 0 bridgehead atoms. The molecule has 0 saturated carbocycles. The molecule has 0 aromatic carbocycles. The highest BCUT2D eigenvalue weighted by atomic mass is 32.2. The van der Waals surface area contributed by atoms with Gasteiger partial charge in [-0.1, -0.05) is 0 Å². The third-order valence-electron chi connectivity index (χ3n) is 5.30. The van der Waals surface area contributed by atoms with Gasteiger partial charge in [-0.3, -0.25) is 13.9 Å². The number of rotatable bonds is 4. The van der Waals surface area contributed by atoms with Crippen LogP contribution in [0.4, 0.5) is 28.0 Å². The van der Waals surface area contributed by atoms with E-state index in [1.165, 1.54) is 18.1 Å². The molecular weight excluding hydrogens is 438 g/mol. The minimum absolute atomic E-state index is 0.167. The van der Waals surface area contributed by atoms with E-state index < -0.39 is 38.5 Å². The first kappa shape index (κ1) is 23.2. The number of urea groups is 1. The van der Waals surface area contributed by atoms with Crippen molar-refractivity contribution in [1.82, 2.24) is 19.7 Å². The molecule has 31 heavy (non-hydrogen) atoms. The van der Waals surface area contributed by atoms with E-state index >= 15 is 4.39 Å². The number of carbonyl (C=O) groups excluding carboxylic acids is 1. The molecule has 2 amide bonds. The summed E-state index contributed by atoms with van der Waals surface area (Å²) in [6, 6.07) is 3.08. The molecule has 7 nitrogen and oxygen atoms in total. The smallest absolute Gasteiger partial charge is 0.325 e. The van der Waals surface area contributed by atoms with Crippen LogP contribution in [0.25, 0.3) is 0 Å². The number of nitrogens with zero attached hydrogens (tertiary/aromatic N) is 4. The Kier molecular flexibility index (Phi) is 6.40. The minimum Gasteiger partial charge on any atom is -0.325 e. The Morgan fingerprint density at radius 2 is 1.87 bits per heavy atom. The second kappa shape index (κ2) is 8.56. The highest BCUT2D eigenvalue weighted by molar-refractivity contribution is 7.86. The topological polar surface area (TPSA) is 80.1 Å². The van der Waals surface area contributed by atoms with Crippen LogP contribution in [0.2, 0.25) is 0 Å². The number of anilines is 1. The Bertz CT molecular complexity index is 967. The van der Waals surface area contributed by atoms with E-state index in [1.54, 1.807) is 12.1 Å². The maximum Gasteiger partial charge on any atom is 0.436 e. The molecular formula is C19H23F4N5O2S. The van der Waals surface area contributed by atoms with Gasteiger partial charge in [-0.05, 0) is 38.8 Å². The van der Waals surface area contributed by atoms with E-state index in [0.29, 0.717) is 5.69 Å². The van der Waals surface area contributed by atoms with Gasteiger partial charge in [-0.15, -0.1) is 0 Å². The Labute approximate surface area is 179 Å². The SMILES string of the molecule is Cc1ccc(NC(=O)N2CCC(C(C)(F)S(=O)c3cn(C)nc3C(F)(F)F)CC2)cn1. The molecule has 1 saturated heterocycles. The number of hydrogen-bond acceptors (Lipinski definition) is 4. The highest BCUT2D eigenvalue weighted by Crippen LogP contribution is 2.40. The maximum absolute atomic E-state index is 15.5. The third-order valence-corrected chi connectivity index (χ3v) is 7.06. The molecule has 2 unspecified atom stereocenters. The molecule has 2 atom stereocenters. The molecule has 3 rings (SSSR count). The number of likely N-dealkylation sites (tertiary alicyclic amines) is 1. The van der Waals surface area contributed by atoms with Gasteiger partial charge in [0.15, 0.2) is 10.7 Å². The summed E-state index contributed by atoms with van der Waals surface area (Å²) in [6.07, 6.45) is -2.04. The van der Waals surface area contributed by atoms with Crippen molar-refractivity contribution in [3.05, 3.63) is 35.9 Å².